The number of carbonyl (C=O) groups is 1. The van der Waals surface area contributed by atoms with Crippen molar-refractivity contribution in [1.29, 1.82) is 0 Å². The van der Waals surface area contributed by atoms with Gasteiger partial charge in [0, 0.05) is 25.8 Å². The van der Waals surface area contributed by atoms with E-state index >= 15 is 0 Å². The van der Waals surface area contributed by atoms with Gasteiger partial charge in [0.2, 0.25) is 5.91 Å². The molecule has 0 spiro atoms. The maximum atomic E-state index is 13.4. The molecule has 0 saturated heterocycles. The summed E-state index contributed by atoms with van der Waals surface area (Å²) in [5.41, 5.74) is 1.92. The number of nitrogens with one attached hydrogen (secondary N) is 1. The molecule has 1 amide bonds. The minimum atomic E-state index is -0.301. The fraction of sp³-hybridized carbons (Fsp3) is 0.500. The van der Waals surface area contributed by atoms with Crippen molar-refractivity contribution in [2.45, 2.75) is 57.9 Å². The Labute approximate surface area is 164 Å². The number of aromatic nitrogens is 2. The predicted octanol–water partition coefficient (Wildman–Crippen LogP) is 3.35. The molecule has 0 unspecified atom stereocenters. The van der Waals surface area contributed by atoms with Crippen molar-refractivity contribution in [2.75, 3.05) is 6.54 Å². The van der Waals surface area contributed by atoms with E-state index in [1.165, 1.54) is 37.8 Å². The van der Waals surface area contributed by atoms with Crippen LogP contribution >= 0.6 is 0 Å². The highest BCUT2D eigenvalue weighted by Gasteiger charge is 2.25. The molecule has 0 radical (unpaired) electrons. The Morgan fingerprint density at radius 3 is 2.89 bits per heavy atom. The third-order valence-corrected chi connectivity index (χ3v) is 5.97. The fourth-order valence-corrected chi connectivity index (χ4v) is 4.40. The van der Waals surface area contributed by atoms with Gasteiger partial charge in [-0.3, -0.25) is 9.59 Å². The number of amides is 1. The SMILES string of the molecule is O=C(CCC1CCCC1)N1CCc2nc(Cc3cccc(F)c3)[nH]c(=O)c2C1. The van der Waals surface area contributed by atoms with Crippen LogP contribution < -0.4 is 5.56 Å². The molecule has 2 aliphatic rings. The first-order valence-corrected chi connectivity index (χ1v) is 10.2. The van der Waals surface area contributed by atoms with Crippen LogP contribution in [0.2, 0.25) is 0 Å². The lowest BCUT2D eigenvalue weighted by Gasteiger charge is -2.28. The number of H-pyrrole nitrogens is 1. The van der Waals surface area contributed by atoms with Gasteiger partial charge in [0.05, 0.1) is 17.8 Å². The monoisotopic (exact) mass is 383 g/mol. The summed E-state index contributed by atoms with van der Waals surface area (Å²) in [4.78, 5) is 34.3. The Balaban J connectivity index is 1.42. The van der Waals surface area contributed by atoms with E-state index in [2.05, 4.69) is 9.97 Å². The first-order chi connectivity index (χ1) is 13.6. The molecule has 6 heteroatoms. The van der Waals surface area contributed by atoms with E-state index < -0.39 is 0 Å². The summed E-state index contributed by atoms with van der Waals surface area (Å²) in [5, 5.41) is 0. The number of aromatic amines is 1. The van der Waals surface area contributed by atoms with Crippen LogP contribution in [0, 0.1) is 11.7 Å². The molecule has 1 aromatic carbocycles. The largest absolute Gasteiger partial charge is 0.338 e. The maximum absolute atomic E-state index is 13.4. The number of fused-ring (bicyclic) bond motifs is 1. The number of halogens is 1. The number of hydrogen-bond acceptors (Lipinski definition) is 3. The van der Waals surface area contributed by atoms with E-state index in [9.17, 15) is 14.0 Å². The topological polar surface area (TPSA) is 66.1 Å². The molecule has 0 atom stereocenters. The molecule has 0 bridgehead atoms. The van der Waals surface area contributed by atoms with Crippen molar-refractivity contribution < 1.29 is 9.18 Å². The van der Waals surface area contributed by atoms with Gasteiger partial charge >= 0.3 is 0 Å². The van der Waals surface area contributed by atoms with E-state index in [0.717, 1.165) is 17.7 Å². The van der Waals surface area contributed by atoms with E-state index in [0.29, 0.717) is 49.7 Å². The molecular formula is C22H26FN3O2. The highest BCUT2D eigenvalue weighted by atomic mass is 19.1. The average molecular weight is 383 g/mol. The van der Waals surface area contributed by atoms with Crippen LogP contribution in [-0.4, -0.2) is 27.3 Å². The van der Waals surface area contributed by atoms with Crippen LogP contribution in [0.5, 0.6) is 0 Å². The molecule has 2 aromatic rings. The van der Waals surface area contributed by atoms with Crippen molar-refractivity contribution in [3.8, 4) is 0 Å². The second-order valence-corrected chi connectivity index (χ2v) is 8.00. The Morgan fingerprint density at radius 1 is 1.29 bits per heavy atom. The zero-order chi connectivity index (χ0) is 19.5. The van der Waals surface area contributed by atoms with E-state index in [-0.39, 0.29) is 17.3 Å². The normalized spacial score (nSPS) is 17.0. The summed E-state index contributed by atoms with van der Waals surface area (Å²) in [5.74, 6) is 1.07. The smallest absolute Gasteiger partial charge is 0.256 e. The van der Waals surface area contributed by atoms with Crippen molar-refractivity contribution in [3.05, 3.63) is 63.1 Å². The minimum Gasteiger partial charge on any atom is -0.338 e. The van der Waals surface area contributed by atoms with Gasteiger partial charge in [0.25, 0.3) is 5.56 Å². The van der Waals surface area contributed by atoms with Gasteiger partial charge in [-0.2, -0.15) is 0 Å². The van der Waals surface area contributed by atoms with Gasteiger partial charge in [-0.05, 0) is 30.0 Å². The third-order valence-electron chi connectivity index (χ3n) is 5.97. The quantitative estimate of drug-likeness (QED) is 0.861. The molecule has 1 aliphatic carbocycles. The van der Waals surface area contributed by atoms with Gasteiger partial charge in [-0.1, -0.05) is 37.8 Å². The van der Waals surface area contributed by atoms with Gasteiger partial charge in [0.15, 0.2) is 0 Å². The van der Waals surface area contributed by atoms with Crippen LogP contribution in [-0.2, 0) is 24.2 Å². The highest BCUT2D eigenvalue weighted by molar-refractivity contribution is 5.76. The van der Waals surface area contributed by atoms with E-state index in [1.54, 1.807) is 11.0 Å². The number of benzene rings is 1. The fourth-order valence-electron chi connectivity index (χ4n) is 4.40. The number of hydrogen-bond donors (Lipinski definition) is 1. The first-order valence-electron chi connectivity index (χ1n) is 10.2. The Bertz CT molecular complexity index is 918. The second kappa shape index (κ2) is 8.25. The molecule has 1 saturated carbocycles. The standard InChI is InChI=1S/C22H26FN3O2/c23-17-7-3-6-16(12-17)13-20-24-19-10-11-26(14-18(19)22(28)25-20)21(27)9-8-15-4-1-2-5-15/h3,6-7,12,15H,1-2,4-5,8-11,13-14H2,(H,24,25,28). The van der Waals surface area contributed by atoms with Crippen LogP contribution in [0.3, 0.4) is 0 Å². The second-order valence-electron chi connectivity index (χ2n) is 8.00. The molecule has 4 rings (SSSR count). The van der Waals surface area contributed by atoms with Crippen molar-refractivity contribution in [3.63, 3.8) is 0 Å². The Kier molecular flexibility index (Phi) is 5.55. The molecule has 28 heavy (non-hydrogen) atoms. The minimum absolute atomic E-state index is 0.140. The summed E-state index contributed by atoms with van der Waals surface area (Å²) >= 11 is 0. The maximum Gasteiger partial charge on any atom is 0.256 e. The molecular weight excluding hydrogens is 357 g/mol. The average Bonchev–Trinajstić information content (AvgIpc) is 3.19. The third kappa shape index (κ3) is 4.32. The lowest BCUT2D eigenvalue weighted by atomic mass is 10.0. The van der Waals surface area contributed by atoms with Crippen LogP contribution in [0.4, 0.5) is 4.39 Å². The van der Waals surface area contributed by atoms with E-state index in [1.807, 2.05) is 6.07 Å². The Morgan fingerprint density at radius 2 is 2.11 bits per heavy atom. The molecule has 2 heterocycles. The summed E-state index contributed by atoms with van der Waals surface area (Å²) in [6, 6.07) is 6.30. The summed E-state index contributed by atoms with van der Waals surface area (Å²) < 4.78 is 13.4. The summed E-state index contributed by atoms with van der Waals surface area (Å²) in [6.07, 6.45) is 7.56. The predicted molar refractivity (Wildman–Crippen MR) is 104 cm³/mol. The zero-order valence-electron chi connectivity index (χ0n) is 16.0. The molecule has 1 N–H and O–H groups in total. The number of rotatable bonds is 5. The summed E-state index contributed by atoms with van der Waals surface area (Å²) in [7, 11) is 0. The number of carbonyl (C=O) groups excluding carboxylic acids is 1. The first kappa shape index (κ1) is 18.8. The van der Waals surface area contributed by atoms with Crippen LogP contribution in [0.1, 0.15) is 61.2 Å². The van der Waals surface area contributed by atoms with Crippen LogP contribution in [0.15, 0.2) is 29.1 Å². The lowest BCUT2D eigenvalue weighted by molar-refractivity contribution is -0.132. The van der Waals surface area contributed by atoms with Gasteiger partial charge in [-0.25, -0.2) is 9.37 Å². The molecule has 1 aliphatic heterocycles. The molecule has 1 aromatic heterocycles. The van der Waals surface area contributed by atoms with Crippen molar-refractivity contribution in [1.82, 2.24) is 14.9 Å². The molecule has 1 fully saturated rings. The highest BCUT2D eigenvalue weighted by Crippen LogP contribution is 2.29. The van der Waals surface area contributed by atoms with E-state index in [4.69, 9.17) is 0 Å². The number of nitrogens with zero attached hydrogens (tertiary/aromatic N) is 2. The van der Waals surface area contributed by atoms with Crippen LogP contribution in [0.25, 0.3) is 0 Å². The van der Waals surface area contributed by atoms with Gasteiger partial charge in [-0.15, -0.1) is 0 Å². The summed E-state index contributed by atoms with van der Waals surface area (Å²) in [6.45, 7) is 0.938. The zero-order valence-corrected chi connectivity index (χ0v) is 16.0. The lowest BCUT2D eigenvalue weighted by Crippen LogP contribution is -2.39. The van der Waals surface area contributed by atoms with Gasteiger partial charge < -0.3 is 9.88 Å². The van der Waals surface area contributed by atoms with Crippen molar-refractivity contribution in [2.24, 2.45) is 5.92 Å². The molecule has 148 valence electrons. The molecule has 5 nitrogen and oxygen atoms in total. The Hall–Kier alpha value is -2.50. The van der Waals surface area contributed by atoms with Crippen molar-refractivity contribution >= 4 is 5.91 Å². The van der Waals surface area contributed by atoms with Gasteiger partial charge in [0.1, 0.15) is 11.6 Å².